The molecule has 0 fully saturated rings. The lowest BCUT2D eigenvalue weighted by molar-refractivity contribution is 0.336. The number of benzene rings is 1. The zero-order valence-electron chi connectivity index (χ0n) is 10.1. The third-order valence-corrected chi connectivity index (χ3v) is 3.65. The lowest BCUT2D eigenvalue weighted by atomic mass is 10.2. The molecule has 0 heterocycles. The first-order valence-electron chi connectivity index (χ1n) is 5.92. The zero-order valence-corrected chi connectivity index (χ0v) is 11.6. The van der Waals surface area contributed by atoms with E-state index in [4.69, 9.17) is 4.74 Å². The largest absolute Gasteiger partial charge is 0.494 e. The third kappa shape index (κ3) is 4.57. The highest BCUT2D eigenvalue weighted by atomic mass is 28.2. The molecule has 0 saturated heterocycles. The Kier molecular flexibility index (Phi) is 6.49. The van der Waals surface area contributed by atoms with Gasteiger partial charge in [-0.15, -0.1) is 0 Å². The molecule has 0 spiro atoms. The summed E-state index contributed by atoms with van der Waals surface area (Å²) in [4.78, 5) is 0. The van der Waals surface area contributed by atoms with Crippen LogP contribution in [0.5, 0.6) is 5.75 Å². The molecule has 0 amide bonds. The Balaban J connectivity index is 2.48. The van der Waals surface area contributed by atoms with Gasteiger partial charge in [0.2, 0.25) is 0 Å². The van der Waals surface area contributed by atoms with Crippen molar-refractivity contribution < 1.29 is 4.74 Å². The Morgan fingerprint density at radius 2 is 2.06 bits per heavy atom. The van der Waals surface area contributed by atoms with Crippen LogP contribution in [0, 0.1) is 0 Å². The molecular formula is C12H20N2OSi. The van der Waals surface area contributed by atoms with Crippen molar-refractivity contribution >= 4 is 9.68 Å². The smallest absolute Gasteiger partial charge is 0.178 e. The van der Waals surface area contributed by atoms with Crippen molar-refractivity contribution in [1.82, 2.24) is 0 Å². The molecule has 3 nitrogen and oxygen atoms in total. The van der Waals surface area contributed by atoms with Crippen molar-refractivity contribution in [3.63, 3.8) is 0 Å². The average molecular weight is 236 g/mol. The summed E-state index contributed by atoms with van der Waals surface area (Å²) in [6.45, 7) is 5.52. The van der Waals surface area contributed by atoms with Gasteiger partial charge in [0.25, 0.3) is 0 Å². The van der Waals surface area contributed by atoms with Crippen molar-refractivity contribution in [2.75, 3.05) is 6.61 Å². The number of hydrogen-bond donors (Lipinski definition) is 0. The predicted molar refractivity (Wildman–Crippen MR) is 69.8 cm³/mol. The summed E-state index contributed by atoms with van der Waals surface area (Å²) in [7, 11) is -0.311. The van der Waals surface area contributed by atoms with Crippen LogP contribution in [0.4, 0.5) is 0 Å². The molecule has 0 aliphatic heterocycles. The van der Waals surface area contributed by atoms with Crippen LogP contribution in [0.1, 0.15) is 25.8 Å². The van der Waals surface area contributed by atoms with Gasteiger partial charge in [0.1, 0.15) is 5.75 Å². The van der Waals surface area contributed by atoms with Crippen molar-refractivity contribution in [3.8, 4) is 5.75 Å². The summed E-state index contributed by atoms with van der Waals surface area (Å²) in [5, 5.41) is 4.23. The van der Waals surface area contributed by atoms with Crippen LogP contribution in [0.15, 0.2) is 34.2 Å². The third-order valence-electron chi connectivity index (χ3n) is 2.23. The molecule has 0 N–H and O–H groups in total. The molecule has 0 saturated carbocycles. The van der Waals surface area contributed by atoms with Gasteiger partial charge in [-0.05, 0) is 19.0 Å². The monoisotopic (exact) mass is 236 g/mol. The van der Waals surface area contributed by atoms with Gasteiger partial charge in [0.15, 0.2) is 9.68 Å². The second-order valence-electron chi connectivity index (χ2n) is 3.56. The van der Waals surface area contributed by atoms with E-state index >= 15 is 0 Å². The summed E-state index contributed by atoms with van der Waals surface area (Å²) in [5.74, 6) is 0.932. The standard InChI is InChI=1S/C12H20N2OSi/c1-3-9-16-14-13-10-11-7-5-6-8-12(11)15-4-2/h5-8H,3-4,9-10,16H2,1-2H3. The van der Waals surface area contributed by atoms with E-state index in [1.54, 1.807) is 0 Å². The maximum Gasteiger partial charge on any atom is 0.178 e. The summed E-state index contributed by atoms with van der Waals surface area (Å²) in [5.41, 5.74) is 1.12. The van der Waals surface area contributed by atoms with Crippen LogP contribution in [0.3, 0.4) is 0 Å². The highest BCUT2D eigenvalue weighted by Crippen LogP contribution is 2.18. The summed E-state index contributed by atoms with van der Waals surface area (Å²) < 4.78 is 9.79. The molecule has 0 radical (unpaired) electrons. The van der Waals surface area contributed by atoms with Gasteiger partial charge in [-0.2, -0.15) is 0 Å². The molecule has 0 aliphatic carbocycles. The van der Waals surface area contributed by atoms with Gasteiger partial charge in [-0.3, -0.25) is 0 Å². The summed E-state index contributed by atoms with van der Waals surface area (Å²) in [6, 6.07) is 9.27. The molecule has 1 aromatic carbocycles. The number of rotatable bonds is 7. The van der Waals surface area contributed by atoms with E-state index in [1.165, 1.54) is 12.5 Å². The topological polar surface area (TPSA) is 34.0 Å². The van der Waals surface area contributed by atoms with Crippen molar-refractivity contribution in [1.29, 1.82) is 0 Å². The van der Waals surface area contributed by atoms with Crippen LogP contribution < -0.4 is 4.74 Å². The second-order valence-corrected chi connectivity index (χ2v) is 5.00. The molecule has 0 bridgehead atoms. The minimum atomic E-state index is -0.311. The van der Waals surface area contributed by atoms with E-state index in [0.717, 1.165) is 11.3 Å². The molecule has 1 aromatic rings. The second kappa shape index (κ2) is 8.04. The lowest BCUT2D eigenvalue weighted by Gasteiger charge is -2.06. The maximum absolute atomic E-state index is 5.52. The molecule has 88 valence electrons. The highest BCUT2D eigenvalue weighted by Gasteiger charge is 2.00. The predicted octanol–water partition coefficient (Wildman–Crippen LogP) is 2.95. The first kappa shape index (κ1) is 12.9. The fourth-order valence-electron chi connectivity index (χ4n) is 1.36. The molecule has 0 aliphatic rings. The van der Waals surface area contributed by atoms with Crippen LogP contribution in [0.2, 0.25) is 6.04 Å². The SMILES string of the molecule is CCC[SiH2]N=NCc1ccccc1OCC. The number of nitrogens with zero attached hydrogens (tertiary/aromatic N) is 2. The number of ether oxygens (including phenoxy) is 1. The minimum Gasteiger partial charge on any atom is -0.494 e. The van der Waals surface area contributed by atoms with Gasteiger partial charge in [-0.1, -0.05) is 31.5 Å². The van der Waals surface area contributed by atoms with Crippen LogP contribution in [0.25, 0.3) is 0 Å². The van der Waals surface area contributed by atoms with Crippen LogP contribution in [-0.2, 0) is 6.54 Å². The number of hydrogen-bond acceptors (Lipinski definition) is 3. The Labute approximate surface area is 99.8 Å². The van der Waals surface area contributed by atoms with E-state index in [9.17, 15) is 0 Å². The molecule has 16 heavy (non-hydrogen) atoms. The van der Waals surface area contributed by atoms with Gasteiger partial charge in [0.05, 0.1) is 13.2 Å². The first-order chi connectivity index (χ1) is 7.88. The molecule has 1 rings (SSSR count). The quantitative estimate of drug-likeness (QED) is 0.407. The Morgan fingerprint density at radius 1 is 1.25 bits per heavy atom. The zero-order chi connectivity index (χ0) is 11.6. The van der Waals surface area contributed by atoms with E-state index in [0.29, 0.717) is 13.2 Å². The molecule has 0 atom stereocenters. The average Bonchev–Trinajstić information content (AvgIpc) is 2.31. The molecular weight excluding hydrogens is 216 g/mol. The van der Waals surface area contributed by atoms with E-state index in [2.05, 4.69) is 16.8 Å². The van der Waals surface area contributed by atoms with E-state index in [1.807, 2.05) is 31.2 Å². The Bertz CT molecular complexity index is 329. The fourth-order valence-corrected chi connectivity index (χ4v) is 2.06. The maximum atomic E-state index is 5.52. The number of para-hydroxylation sites is 1. The van der Waals surface area contributed by atoms with Crippen molar-refractivity contribution in [2.24, 2.45) is 9.89 Å². The summed E-state index contributed by atoms with van der Waals surface area (Å²) >= 11 is 0. The first-order valence-corrected chi connectivity index (χ1v) is 7.55. The van der Waals surface area contributed by atoms with Gasteiger partial charge in [-0.25, -0.2) is 9.89 Å². The van der Waals surface area contributed by atoms with E-state index < -0.39 is 0 Å². The van der Waals surface area contributed by atoms with Gasteiger partial charge < -0.3 is 4.74 Å². The minimum absolute atomic E-state index is 0.311. The van der Waals surface area contributed by atoms with Crippen molar-refractivity contribution in [2.45, 2.75) is 32.9 Å². The van der Waals surface area contributed by atoms with Crippen LogP contribution >= 0.6 is 0 Å². The Morgan fingerprint density at radius 3 is 2.81 bits per heavy atom. The summed E-state index contributed by atoms with van der Waals surface area (Å²) in [6.07, 6.45) is 1.22. The normalized spacial score (nSPS) is 11.6. The van der Waals surface area contributed by atoms with Crippen LogP contribution in [-0.4, -0.2) is 16.3 Å². The fraction of sp³-hybridized carbons (Fsp3) is 0.500. The van der Waals surface area contributed by atoms with Gasteiger partial charge in [0, 0.05) is 5.56 Å². The highest BCUT2D eigenvalue weighted by molar-refractivity contribution is 6.32. The Hall–Kier alpha value is -1.16. The molecule has 4 heteroatoms. The lowest BCUT2D eigenvalue weighted by Crippen LogP contribution is -1.95. The molecule has 0 unspecified atom stereocenters. The van der Waals surface area contributed by atoms with Gasteiger partial charge >= 0.3 is 0 Å². The van der Waals surface area contributed by atoms with E-state index in [-0.39, 0.29) is 9.68 Å². The molecule has 0 aromatic heterocycles. The van der Waals surface area contributed by atoms with Crippen molar-refractivity contribution in [3.05, 3.63) is 29.8 Å².